The number of ether oxygens (including phenoxy) is 3. The molecule has 8 heteroatoms. The summed E-state index contributed by atoms with van der Waals surface area (Å²) in [7, 11) is 2.92. The molecule has 1 amide bonds. The van der Waals surface area contributed by atoms with Crippen LogP contribution in [0.1, 0.15) is 35.3 Å². The zero-order chi connectivity index (χ0) is 31.5. The molecule has 1 N–H and O–H groups in total. The molecule has 0 unspecified atom stereocenters. The van der Waals surface area contributed by atoms with E-state index in [1.54, 1.807) is 42.3 Å². The second kappa shape index (κ2) is 15.4. The Bertz CT molecular complexity index is 1550. The van der Waals surface area contributed by atoms with Crippen LogP contribution >= 0.6 is 0 Å². The van der Waals surface area contributed by atoms with E-state index in [-0.39, 0.29) is 24.2 Å². The zero-order valence-corrected chi connectivity index (χ0v) is 25.5. The van der Waals surface area contributed by atoms with Gasteiger partial charge < -0.3 is 24.4 Å². The van der Waals surface area contributed by atoms with Crippen molar-refractivity contribution >= 4 is 29.0 Å². The van der Waals surface area contributed by atoms with Crippen molar-refractivity contribution in [3.63, 3.8) is 0 Å². The number of nitrogens with one attached hydrogen (secondary N) is 1. The van der Waals surface area contributed by atoms with Gasteiger partial charge in [-0.15, -0.1) is 0 Å². The number of amides is 1. The molecular weight excluding hydrogens is 556 g/mol. The topological polar surface area (TPSA) is 94.2 Å². The number of hydrogen-bond acceptors (Lipinski definition) is 7. The van der Waals surface area contributed by atoms with E-state index < -0.39 is 12.0 Å². The fourth-order valence-corrected chi connectivity index (χ4v) is 4.80. The van der Waals surface area contributed by atoms with Gasteiger partial charge in [-0.05, 0) is 42.0 Å². The molecule has 4 rings (SSSR count). The molecule has 44 heavy (non-hydrogen) atoms. The molecular formula is C36H38N2O6. The first kappa shape index (κ1) is 31.8. The van der Waals surface area contributed by atoms with E-state index in [1.165, 1.54) is 7.11 Å². The van der Waals surface area contributed by atoms with Crippen molar-refractivity contribution < 1.29 is 28.6 Å². The zero-order valence-electron chi connectivity index (χ0n) is 25.5. The molecule has 0 bridgehead atoms. The molecule has 0 aliphatic heterocycles. The normalized spacial score (nSPS) is 11.4. The average molecular weight is 595 g/mol. The van der Waals surface area contributed by atoms with Crippen molar-refractivity contribution in [2.24, 2.45) is 5.92 Å². The summed E-state index contributed by atoms with van der Waals surface area (Å²) in [6.45, 7) is 4.34. The van der Waals surface area contributed by atoms with Crippen LogP contribution in [0.5, 0.6) is 11.5 Å². The van der Waals surface area contributed by atoms with Crippen LogP contribution < -0.4 is 19.7 Å². The Morgan fingerprint density at radius 3 is 2.14 bits per heavy atom. The molecule has 228 valence electrons. The first-order chi connectivity index (χ1) is 21.3. The molecule has 0 aromatic heterocycles. The summed E-state index contributed by atoms with van der Waals surface area (Å²) >= 11 is 0. The first-order valence-corrected chi connectivity index (χ1v) is 14.5. The second-order valence-electron chi connectivity index (χ2n) is 10.5. The number of benzene rings is 4. The Hall–Kier alpha value is -5.11. The molecule has 0 fully saturated rings. The van der Waals surface area contributed by atoms with E-state index in [9.17, 15) is 14.4 Å². The maximum absolute atomic E-state index is 13.2. The molecule has 4 aromatic rings. The van der Waals surface area contributed by atoms with Crippen molar-refractivity contribution in [3.05, 3.63) is 120 Å². The monoisotopic (exact) mass is 594 g/mol. The fraction of sp³-hybridized carbons (Fsp3) is 0.250. The molecule has 0 heterocycles. The van der Waals surface area contributed by atoms with Gasteiger partial charge in [0.05, 0.1) is 26.5 Å². The molecule has 0 saturated heterocycles. The van der Waals surface area contributed by atoms with Crippen LogP contribution in [0, 0.1) is 5.92 Å². The number of para-hydroxylation sites is 3. The number of ketones is 1. The van der Waals surface area contributed by atoms with Gasteiger partial charge in [0.15, 0.2) is 5.78 Å². The average Bonchev–Trinajstić information content (AvgIpc) is 3.06. The summed E-state index contributed by atoms with van der Waals surface area (Å²) in [6, 6.07) is 30.2. The number of hydrogen-bond donors (Lipinski definition) is 1. The van der Waals surface area contributed by atoms with Crippen LogP contribution in [0.4, 0.5) is 11.4 Å². The highest BCUT2D eigenvalue weighted by Gasteiger charge is 2.24. The lowest BCUT2D eigenvalue weighted by Gasteiger charge is -2.26. The number of carbonyl (C=O) groups excluding carboxylic acids is 3. The minimum atomic E-state index is -0.729. The van der Waals surface area contributed by atoms with Gasteiger partial charge in [0.2, 0.25) is 5.91 Å². The Balaban J connectivity index is 1.43. The third-order valence-electron chi connectivity index (χ3n) is 7.11. The second-order valence-corrected chi connectivity index (χ2v) is 10.5. The van der Waals surface area contributed by atoms with E-state index in [0.29, 0.717) is 47.0 Å². The van der Waals surface area contributed by atoms with Gasteiger partial charge in [0.1, 0.15) is 24.1 Å². The highest BCUT2D eigenvalue weighted by Crippen LogP contribution is 2.29. The number of esters is 1. The fourth-order valence-electron chi connectivity index (χ4n) is 4.80. The lowest BCUT2D eigenvalue weighted by Crippen LogP contribution is -2.37. The van der Waals surface area contributed by atoms with Gasteiger partial charge >= 0.3 is 5.97 Å². The third-order valence-corrected chi connectivity index (χ3v) is 7.11. The van der Waals surface area contributed by atoms with E-state index in [1.807, 2.05) is 86.6 Å². The predicted octanol–water partition coefficient (Wildman–Crippen LogP) is 6.19. The minimum Gasteiger partial charge on any atom is -0.495 e. The van der Waals surface area contributed by atoms with Gasteiger partial charge in [0.25, 0.3) is 0 Å². The third kappa shape index (κ3) is 8.04. The number of carbonyl (C=O) groups is 3. The summed E-state index contributed by atoms with van der Waals surface area (Å²) in [5.74, 6) is 0.441. The van der Waals surface area contributed by atoms with Crippen LogP contribution in [-0.4, -0.2) is 51.1 Å². The highest BCUT2D eigenvalue weighted by molar-refractivity contribution is 6.12. The maximum atomic E-state index is 13.2. The van der Waals surface area contributed by atoms with Gasteiger partial charge in [-0.1, -0.05) is 80.6 Å². The molecule has 0 aliphatic carbocycles. The van der Waals surface area contributed by atoms with E-state index in [4.69, 9.17) is 14.2 Å². The van der Waals surface area contributed by atoms with Gasteiger partial charge in [-0.3, -0.25) is 9.59 Å². The largest absolute Gasteiger partial charge is 0.495 e. The lowest BCUT2D eigenvalue weighted by atomic mass is 10.00. The highest BCUT2D eigenvalue weighted by atomic mass is 16.5. The summed E-state index contributed by atoms with van der Waals surface area (Å²) in [5.41, 5.74) is 3.15. The Kier molecular flexibility index (Phi) is 11.1. The molecule has 1 atom stereocenters. The molecule has 0 saturated carbocycles. The van der Waals surface area contributed by atoms with E-state index in [2.05, 4.69) is 5.32 Å². The van der Waals surface area contributed by atoms with Crippen molar-refractivity contribution in [2.75, 3.05) is 37.6 Å². The molecule has 0 radical (unpaired) electrons. The summed E-state index contributed by atoms with van der Waals surface area (Å²) < 4.78 is 16.5. The van der Waals surface area contributed by atoms with E-state index in [0.717, 1.165) is 5.56 Å². The van der Waals surface area contributed by atoms with Crippen molar-refractivity contribution in [3.8, 4) is 11.5 Å². The Morgan fingerprint density at radius 2 is 1.45 bits per heavy atom. The van der Waals surface area contributed by atoms with Crippen LogP contribution in [0.2, 0.25) is 0 Å². The Morgan fingerprint density at radius 1 is 0.795 bits per heavy atom. The number of nitrogens with zero attached hydrogens (tertiary/aromatic N) is 1. The van der Waals surface area contributed by atoms with Crippen LogP contribution in [0.15, 0.2) is 103 Å². The summed E-state index contributed by atoms with van der Waals surface area (Å²) in [5, 5.41) is 3.23. The van der Waals surface area contributed by atoms with Crippen LogP contribution in [0.25, 0.3) is 0 Å². The van der Waals surface area contributed by atoms with Crippen molar-refractivity contribution in [1.29, 1.82) is 0 Å². The quantitative estimate of drug-likeness (QED) is 0.137. The van der Waals surface area contributed by atoms with Gasteiger partial charge in [-0.25, -0.2) is 4.79 Å². The van der Waals surface area contributed by atoms with Crippen LogP contribution in [0.3, 0.4) is 0 Å². The molecule has 0 aliphatic rings. The number of anilines is 2. The summed E-state index contributed by atoms with van der Waals surface area (Å²) in [6.07, 6.45) is 0.325. The number of rotatable bonds is 14. The standard InChI is InChI=1S/C36H38N2O6/c1-25(2)35(40)38(32-16-10-11-17-33(32)42-3)22-23-44-28-20-18-26(19-21-28)24-31(36(41)43-4)37-30-15-9-8-14-29(30)34(39)27-12-6-5-7-13-27/h5-21,25,31,37H,22-24H2,1-4H3/t31-/m0/s1. The van der Waals surface area contributed by atoms with E-state index >= 15 is 0 Å². The van der Waals surface area contributed by atoms with Gasteiger partial charge in [-0.2, -0.15) is 0 Å². The lowest BCUT2D eigenvalue weighted by molar-refractivity contribution is -0.141. The minimum absolute atomic E-state index is 0.0261. The maximum Gasteiger partial charge on any atom is 0.328 e. The van der Waals surface area contributed by atoms with Gasteiger partial charge in [0, 0.05) is 29.2 Å². The van der Waals surface area contributed by atoms with Crippen molar-refractivity contribution in [1.82, 2.24) is 0 Å². The molecule has 4 aromatic carbocycles. The smallest absolute Gasteiger partial charge is 0.328 e. The Labute approximate surface area is 258 Å². The van der Waals surface area contributed by atoms with Crippen molar-refractivity contribution in [2.45, 2.75) is 26.3 Å². The summed E-state index contributed by atoms with van der Waals surface area (Å²) in [4.78, 5) is 40.7. The molecule has 8 nitrogen and oxygen atoms in total. The first-order valence-electron chi connectivity index (χ1n) is 14.5. The predicted molar refractivity (Wildman–Crippen MR) is 172 cm³/mol. The SMILES string of the molecule is COC(=O)[C@H](Cc1ccc(OCCN(C(=O)C(C)C)c2ccccc2OC)cc1)Nc1ccccc1C(=O)c1ccccc1. The van der Waals surface area contributed by atoms with Crippen LogP contribution in [-0.2, 0) is 20.7 Å². The molecule has 0 spiro atoms. The number of methoxy groups -OCH3 is 2.